The van der Waals surface area contributed by atoms with Gasteiger partial charge in [-0.2, -0.15) is 11.3 Å². The SMILES string of the molecule is COc1cc(CNC(C)C)ccc1OCc1ccsc1. The van der Waals surface area contributed by atoms with Crippen molar-refractivity contribution < 1.29 is 9.47 Å². The van der Waals surface area contributed by atoms with Crippen molar-refractivity contribution in [3.8, 4) is 11.5 Å². The van der Waals surface area contributed by atoms with Gasteiger partial charge in [0, 0.05) is 12.6 Å². The van der Waals surface area contributed by atoms with Crippen LogP contribution in [0.25, 0.3) is 0 Å². The summed E-state index contributed by atoms with van der Waals surface area (Å²) >= 11 is 1.68. The van der Waals surface area contributed by atoms with Crippen molar-refractivity contribution in [2.45, 2.75) is 33.0 Å². The van der Waals surface area contributed by atoms with E-state index in [1.807, 2.05) is 12.1 Å². The molecule has 0 aliphatic heterocycles. The maximum Gasteiger partial charge on any atom is 0.161 e. The lowest BCUT2D eigenvalue weighted by Crippen LogP contribution is -2.21. The summed E-state index contributed by atoms with van der Waals surface area (Å²) in [5.41, 5.74) is 2.38. The molecular formula is C16H21NO2S. The average Bonchev–Trinajstić information content (AvgIpc) is 2.96. The zero-order chi connectivity index (χ0) is 14.4. The van der Waals surface area contributed by atoms with E-state index in [0.717, 1.165) is 18.0 Å². The summed E-state index contributed by atoms with van der Waals surface area (Å²) in [6.07, 6.45) is 0. The summed E-state index contributed by atoms with van der Waals surface area (Å²) in [7, 11) is 1.67. The minimum Gasteiger partial charge on any atom is -0.493 e. The van der Waals surface area contributed by atoms with E-state index in [9.17, 15) is 0 Å². The van der Waals surface area contributed by atoms with E-state index in [1.165, 1.54) is 11.1 Å². The van der Waals surface area contributed by atoms with Crippen LogP contribution in [-0.4, -0.2) is 13.2 Å². The Morgan fingerprint density at radius 1 is 1.15 bits per heavy atom. The van der Waals surface area contributed by atoms with Crippen molar-refractivity contribution in [2.24, 2.45) is 0 Å². The third-order valence-electron chi connectivity index (χ3n) is 2.92. The predicted molar refractivity (Wildman–Crippen MR) is 83.6 cm³/mol. The first-order valence-corrected chi connectivity index (χ1v) is 7.67. The molecule has 0 aliphatic carbocycles. The third-order valence-corrected chi connectivity index (χ3v) is 3.65. The number of rotatable bonds is 7. The molecule has 20 heavy (non-hydrogen) atoms. The number of thiophene rings is 1. The van der Waals surface area contributed by atoms with E-state index in [2.05, 4.69) is 42.1 Å². The molecule has 2 rings (SSSR count). The van der Waals surface area contributed by atoms with Crippen LogP contribution in [0.15, 0.2) is 35.0 Å². The van der Waals surface area contributed by atoms with E-state index >= 15 is 0 Å². The van der Waals surface area contributed by atoms with Gasteiger partial charge >= 0.3 is 0 Å². The number of hydrogen-bond acceptors (Lipinski definition) is 4. The summed E-state index contributed by atoms with van der Waals surface area (Å²) in [5, 5.41) is 7.53. The molecule has 0 radical (unpaired) electrons. The molecular weight excluding hydrogens is 270 g/mol. The highest BCUT2D eigenvalue weighted by Gasteiger charge is 2.06. The van der Waals surface area contributed by atoms with Crippen molar-refractivity contribution in [1.29, 1.82) is 0 Å². The molecule has 0 saturated heterocycles. The van der Waals surface area contributed by atoms with Crippen LogP contribution in [0.3, 0.4) is 0 Å². The molecule has 1 aromatic heterocycles. The fourth-order valence-corrected chi connectivity index (χ4v) is 2.45. The Morgan fingerprint density at radius 2 is 2.00 bits per heavy atom. The summed E-state index contributed by atoms with van der Waals surface area (Å²) < 4.78 is 11.2. The number of hydrogen-bond donors (Lipinski definition) is 1. The first-order valence-electron chi connectivity index (χ1n) is 6.73. The lowest BCUT2D eigenvalue weighted by molar-refractivity contribution is 0.284. The second-order valence-electron chi connectivity index (χ2n) is 4.94. The lowest BCUT2D eigenvalue weighted by Gasteiger charge is -2.13. The van der Waals surface area contributed by atoms with Gasteiger partial charge in [0.1, 0.15) is 6.61 Å². The summed E-state index contributed by atoms with van der Waals surface area (Å²) in [6.45, 7) is 5.67. The summed E-state index contributed by atoms with van der Waals surface area (Å²) in [5.74, 6) is 1.57. The molecule has 0 fully saturated rings. The molecule has 1 heterocycles. The van der Waals surface area contributed by atoms with Gasteiger partial charge in [-0.3, -0.25) is 0 Å². The van der Waals surface area contributed by atoms with E-state index in [4.69, 9.17) is 9.47 Å². The number of benzene rings is 1. The van der Waals surface area contributed by atoms with Crippen molar-refractivity contribution in [3.05, 3.63) is 46.2 Å². The highest BCUT2D eigenvalue weighted by atomic mass is 32.1. The van der Waals surface area contributed by atoms with Crippen molar-refractivity contribution in [2.75, 3.05) is 7.11 Å². The second-order valence-corrected chi connectivity index (χ2v) is 5.72. The zero-order valence-electron chi connectivity index (χ0n) is 12.2. The Labute approximate surface area is 124 Å². The molecule has 0 atom stereocenters. The highest BCUT2D eigenvalue weighted by molar-refractivity contribution is 7.07. The van der Waals surface area contributed by atoms with Gasteiger partial charge in [0.05, 0.1) is 7.11 Å². The molecule has 1 aromatic carbocycles. The van der Waals surface area contributed by atoms with E-state index < -0.39 is 0 Å². The van der Waals surface area contributed by atoms with Crippen molar-refractivity contribution >= 4 is 11.3 Å². The average molecular weight is 291 g/mol. The van der Waals surface area contributed by atoms with Crippen molar-refractivity contribution in [3.63, 3.8) is 0 Å². The monoisotopic (exact) mass is 291 g/mol. The molecule has 0 saturated carbocycles. The Kier molecular flexibility index (Phi) is 5.44. The summed E-state index contributed by atoms with van der Waals surface area (Å²) in [6, 6.07) is 8.61. The Balaban J connectivity index is 2.01. The Morgan fingerprint density at radius 3 is 2.65 bits per heavy atom. The van der Waals surface area contributed by atoms with Gasteiger partial charge in [0.15, 0.2) is 11.5 Å². The largest absolute Gasteiger partial charge is 0.493 e. The van der Waals surface area contributed by atoms with Crippen molar-refractivity contribution in [1.82, 2.24) is 5.32 Å². The molecule has 0 spiro atoms. The lowest BCUT2D eigenvalue weighted by atomic mass is 10.2. The van der Waals surface area contributed by atoms with E-state index in [-0.39, 0.29) is 0 Å². The van der Waals surface area contributed by atoms with Crippen LogP contribution in [0.2, 0.25) is 0 Å². The van der Waals surface area contributed by atoms with Gasteiger partial charge in [0.2, 0.25) is 0 Å². The number of methoxy groups -OCH3 is 1. The maximum absolute atomic E-state index is 5.81. The Bertz CT molecular complexity index is 523. The van der Waals surface area contributed by atoms with Gasteiger partial charge in [-0.15, -0.1) is 0 Å². The smallest absolute Gasteiger partial charge is 0.161 e. The molecule has 108 valence electrons. The predicted octanol–water partition coefficient (Wildman–Crippen LogP) is 3.83. The molecule has 0 unspecified atom stereocenters. The van der Waals surface area contributed by atoms with Crippen LogP contribution >= 0.6 is 11.3 Å². The van der Waals surface area contributed by atoms with Gasteiger partial charge in [0.25, 0.3) is 0 Å². The van der Waals surface area contributed by atoms with Crippen LogP contribution in [0.4, 0.5) is 0 Å². The Hall–Kier alpha value is -1.52. The maximum atomic E-state index is 5.81. The van der Waals surface area contributed by atoms with Crippen LogP contribution in [-0.2, 0) is 13.2 Å². The van der Waals surface area contributed by atoms with E-state index in [1.54, 1.807) is 18.4 Å². The second kappa shape index (κ2) is 7.31. The first kappa shape index (κ1) is 14.9. The number of nitrogens with one attached hydrogen (secondary N) is 1. The molecule has 0 aliphatic rings. The third kappa shape index (κ3) is 4.25. The standard InChI is InChI=1S/C16H21NO2S/c1-12(2)17-9-13-4-5-15(16(8-13)18-3)19-10-14-6-7-20-11-14/h4-8,11-12,17H,9-10H2,1-3H3. The molecule has 1 N–H and O–H groups in total. The van der Waals surface area contributed by atoms with Gasteiger partial charge in [-0.1, -0.05) is 19.9 Å². The van der Waals surface area contributed by atoms with Crippen LogP contribution in [0, 0.1) is 0 Å². The molecule has 0 amide bonds. The highest BCUT2D eigenvalue weighted by Crippen LogP contribution is 2.29. The molecule has 2 aromatic rings. The van der Waals surface area contributed by atoms with Crippen LogP contribution in [0.1, 0.15) is 25.0 Å². The topological polar surface area (TPSA) is 30.5 Å². The fraction of sp³-hybridized carbons (Fsp3) is 0.375. The van der Waals surface area contributed by atoms with Gasteiger partial charge < -0.3 is 14.8 Å². The van der Waals surface area contributed by atoms with E-state index in [0.29, 0.717) is 12.6 Å². The quantitative estimate of drug-likeness (QED) is 0.841. The minimum absolute atomic E-state index is 0.468. The zero-order valence-corrected chi connectivity index (χ0v) is 13.0. The molecule has 4 heteroatoms. The molecule has 0 bridgehead atoms. The number of ether oxygens (including phenoxy) is 2. The minimum atomic E-state index is 0.468. The van der Waals surface area contributed by atoms with Crippen LogP contribution < -0.4 is 14.8 Å². The molecule has 3 nitrogen and oxygen atoms in total. The van der Waals surface area contributed by atoms with Gasteiger partial charge in [-0.25, -0.2) is 0 Å². The summed E-state index contributed by atoms with van der Waals surface area (Å²) in [4.78, 5) is 0. The normalized spacial score (nSPS) is 10.8. The van der Waals surface area contributed by atoms with Gasteiger partial charge in [-0.05, 0) is 40.1 Å². The first-order chi connectivity index (χ1) is 9.69. The van der Waals surface area contributed by atoms with Crippen LogP contribution in [0.5, 0.6) is 11.5 Å². The fourth-order valence-electron chi connectivity index (χ4n) is 1.80.